The van der Waals surface area contributed by atoms with Crippen LogP contribution in [0, 0.1) is 12.8 Å². The van der Waals surface area contributed by atoms with Crippen molar-refractivity contribution in [3.8, 4) is 0 Å². The van der Waals surface area contributed by atoms with E-state index in [-0.39, 0.29) is 0 Å². The Morgan fingerprint density at radius 2 is 1.71 bits per heavy atom. The van der Waals surface area contributed by atoms with Crippen LogP contribution in [0.15, 0.2) is 54.6 Å². The van der Waals surface area contributed by atoms with E-state index in [0.717, 1.165) is 12.5 Å². The van der Waals surface area contributed by atoms with Gasteiger partial charge in [0.1, 0.15) is 0 Å². The Kier molecular flexibility index (Phi) is 4.72. The average molecular weight is 279 g/mol. The molecule has 1 heteroatoms. The molecular weight excluding hydrogens is 254 g/mol. The summed E-state index contributed by atoms with van der Waals surface area (Å²) in [6.45, 7) is 3.31. The molecule has 1 aliphatic rings. The number of nitrogens with one attached hydrogen (secondary N) is 1. The highest BCUT2D eigenvalue weighted by molar-refractivity contribution is 5.36. The van der Waals surface area contributed by atoms with Crippen LogP contribution in [0.3, 0.4) is 0 Å². The van der Waals surface area contributed by atoms with E-state index in [9.17, 15) is 0 Å². The van der Waals surface area contributed by atoms with Crippen LogP contribution in [0.4, 0.5) is 0 Å². The van der Waals surface area contributed by atoms with Gasteiger partial charge in [-0.2, -0.15) is 0 Å². The second-order valence-electron chi connectivity index (χ2n) is 6.24. The fourth-order valence-corrected chi connectivity index (χ4v) is 3.01. The molecule has 1 saturated carbocycles. The van der Waals surface area contributed by atoms with Gasteiger partial charge in [0, 0.05) is 0 Å². The van der Waals surface area contributed by atoms with Crippen molar-refractivity contribution < 1.29 is 0 Å². The highest BCUT2D eigenvalue weighted by Crippen LogP contribution is 2.33. The molecule has 0 amide bonds. The molecule has 21 heavy (non-hydrogen) atoms. The van der Waals surface area contributed by atoms with Crippen LogP contribution >= 0.6 is 0 Å². The molecule has 0 heterocycles. The Hall–Kier alpha value is -1.60. The van der Waals surface area contributed by atoms with E-state index >= 15 is 0 Å². The zero-order valence-corrected chi connectivity index (χ0v) is 12.9. The van der Waals surface area contributed by atoms with Crippen molar-refractivity contribution in [3.05, 3.63) is 71.3 Å². The molecule has 1 fully saturated rings. The lowest BCUT2D eigenvalue weighted by atomic mass is 9.95. The van der Waals surface area contributed by atoms with E-state index in [4.69, 9.17) is 0 Å². The van der Waals surface area contributed by atoms with Gasteiger partial charge in [-0.3, -0.25) is 0 Å². The van der Waals surface area contributed by atoms with Gasteiger partial charge in [0.2, 0.25) is 0 Å². The highest BCUT2D eigenvalue weighted by atomic mass is 14.9. The second-order valence-corrected chi connectivity index (χ2v) is 6.24. The topological polar surface area (TPSA) is 12.0 Å². The normalized spacial score (nSPS) is 15.9. The fraction of sp³-hybridized carbons (Fsp3) is 0.400. The van der Waals surface area contributed by atoms with Crippen molar-refractivity contribution in [3.63, 3.8) is 0 Å². The predicted molar refractivity (Wildman–Crippen MR) is 89.4 cm³/mol. The average Bonchev–Trinajstić information content (AvgIpc) is 3.34. The van der Waals surface area contributed by atoms with Crippen molar-refractivity contribution in [1.29, 1.82) is 0 Å². The van der Waals surface area contributed by atoms with E-state index in [1.54, 1.807) is 0 Å². The molecule has 110 valence electrons. The summed E-state index contributed by atoms with van der Waals surface area (Å²) in [6.07, 6.45) is 5.60. The Bertz CT molecular complexity index is 557. The van der Waals surface area contributed by atoms with E-state index in [2.05, 4.69) is 66.8 Å². The first-order valence-electron chi connectivity index (χ1n) is 8.18. The van der Waals surface area contributed by atoms with Crippen LogP contribution in [0.5, 0.6) is 0 Å². The zero-order chi connectivity index (χ0) is 14.5. The van der Waals surface area contributed by atoms with Gasteiger partial charge in [-0.05, 0) is 48.9 Å². The largest absolute Gasteiger partial charge is 0.306 e. The molecule has 1 nitrogen and oxygen atoms in total. The van der Waals surface area contributed by atoms with Crippen LogP contribution < -0.4 is 5.32 Å². The predicted octanol–water partition coefficient (Wildman–Crippen LogP) is 4.86. The Balaban J connectivity index is 1.72. The molecule has 3 rings (SSSR count). The summed E-state index contributed by atoms with van der Waals surface area (Å²) in [5, 5.41) is 3.78. The third-order valence-electron chi connectivity index (χ3n) is 4.47. The number of hydrogen-bond acceptors (Lipinski definition) is 1. The van der Waals surface area contributed by atoms with Crippen LogP contribution in [0.2, 0.25) is 0 Å². The molecule has 0 saturated heterocycles. The first kappa shape index (κ1) is 14.3. The van der Waals surface area contributed by atoms with E-state index < -0.39 is 0 Å². The number of hydrogen-bond donors (Lipinski definition) is 1. The van der Waals surface area contributed by atoms with Gasteiger partial charge in [0.05, 0.1) is 6.04 Å². The van der Waals surface area contributed by atoms with Crippen molar-refractivity contribution in [2.24, 2.45) is 5.92 Å². The highest BCUT2D eigenvalue weighted by Gasteiger charge is 2.20. The first-order chi connectivity index (χ1) is 10.3. The zero-order valence-electron chi connectivity index (χ0n) is 12.9. The second kappa shape index (κ2) is 6.91. The fourth-order valence-electron chi connectivity index (χ4n) is 3.01. The maximum Gasteiger partial charge on any atom is 0.0579 e. The van der Waals surface area contributed by atoms with E-state index in [1.165, 1.54) is 42.4 Å². The summed E-state index contributed by atoms with van der Waals surface area (Å²) in [7, 11) is 0. The molecule has 2 aromatic rings. The van der Waals surface area contributed by atoms with Gasteiger partial charge in [-0.25, -0.2) is 0 Å². The van der Waals surface area contributed by atoms with Crippen LogP contribution in [-0.4, -0.2) is 6.54 Å². The minimum Gasteiger partial charge on any atom is -0.306 e. The molecule has 0 radical (unpaired) electrons. The number of benzene rings is 2. The van der Waals surface area contributed by atoms with Crippen molar-refractivity contribution >= 4 is 0 Å². The van der Waals surface area contributed by atoms with E-state index in [0.29, 0.717) is 6.04 Å². The van der Waals surface area contributed by atoms with E-state index in [1.807, 2.05) is 0 Å². The quantitative estimate of drug-likeness (QED) is 0.713. The summed E-state index contributed by atoms with van der Waals surface area (Å²) in [5.74, 6) is 1.03. The molecule has 2 aromatic carbocycles. The van der Waals surface area contributed by atoms with Gasteiger partial charge in [0.25, 0.3) is 0 Å². The molecule has 0 bridgehead atoms. The van der Waals surface area contributed by atoms with Crippen molar-refractivity contribution in [2.45, 2.75) is 38.6 Å². The Morgan fingerprint density at radius 3 is 2.43 bits per heavy atom. The Morgan fingerprint density at radius 1 is 1.00 bits per heavy atom. The van der Waals surface area contributed by atoms with Crippen LogP contribution in [0.1, 0.15) is 48.4 Å². The summed E-state index contributed by atoms with van der Waals surface area (Å²) in [6, 6.07) is 19.8. The maximum atomic E-state index is 3.78. The van der Waals surface area contributed by atoms with Gasteiger partial charge < -0.3 is 5.32 Å². The standard InChI is InChI=1S/C20H25N/c1-16-8-5-6-12-19(16)20(18-10-3-2-4-11-18)21-15-7-9-17-13-14-17/h2-6,8,10-12,17,20-21H,7,9,13-15H2,1H3. The minimum atomic E-state index is 0.312. The molecule has 1 unspecified atom stereocenters. The third kappa shape index (κ3) is 3.95. The summed E-state index contributed by atoms with van der Waals surface area (Å²) >= 11 is 0. The molecular formula is C20H25N. The molecule has 0 aromatic heterocycles. The summed E-state index contributed by atoms with van der Waals surface area (Å²) in [4.78, 5) is 0. The maximum absolute atomic E-state index is 3.78. The lowest BCUT2D eigenvalue weighted by Gasteiger charge is -2.21. The molecule has 0 aliphatic heterocycles. The van der Waals surface area contributed by atoms with Crippen molar-refractivity contribution in [2.75, 3.05) is 6.54 Å². The van der Waals surface area contributed by atoms with Crippen LogP contribution in [-0.2, 0) is 0 Å². The summed E-state index contributed by atoms with van der Waals surface area (Å²) in [5.41, 5.74) is 4.12. The monoisotopic (exact) mass is 279 g/mol. The van der Waals surface area contributed by atoms with Gasteiger partial charge >= 0.3 is 0 Å². The number of rotatable bonds is 7. The first-order valence-corrected chi connectivity index (χ1v) is 8.18. The lowest BCUT2D eigenvalue weighted by molar-refractivity contribution is 0.550. The van der Waals surface area contributed by atoms with Gasteiger partial charge in [0.15, 0.2) is 0 Å². The molecule has 1 N–H and O–H groups in total. The van der Waals surface area contributed by atoms with Crippen LogP contribution in [0.25, 0.3) is 0 Å². The number of aryl methyl sites for hydroxylation is 1. The Labute approximate surface area is 128 Å². The molecule has 1 atom stereocenters. The third-order valence-corrected chi connectivity index (χ3v) is 4.47. The molecule has 1 aliphatic carbocycles. The van der Waals surface area contributed by atoms with Gasteiger partial charge in [-0.15, -0.1) is 0 Å². The minimum absolute atomic E-state index is 0.312. The lowest BCUT2D eigenvalue weighted by Crippen LogP contribution is -2.24. The van der Waals surface area contributed by atoms with Gasteiger partial charge in [-0.1, -0.05) is 67.4 Å². The molecule has 0 spiro atoms. The van der Waals surface area contributed by atoms with Crippen molar-refractivity contribution in [1.82, 2.24) is 5.32 Å². The smallest absolute Gasteiger partial charge is 0.0579 e. The SMILES string of the molecule is Cc1ccccc1C(NCCCC1CC1)c1ccccc1. The summed E-state index contributed by atoms with van der Waals surface area (Å²) < 4.78 is 0.